The first kappa shape index (κ1) is 25.8. The molecule has 0 bridgehead atoms. The lowest BCUT2D eigenvalue weighted by molar-refractivity contribution is -0.290. The fourth-order valence-electron chi connectivity index (χ4n) is 9.45. The van der Waals surface area contributed by atoms with Crippen LogP contribution in [0.2, 0.25) is 0 Å². The molecule has 4 rings (SSSR count). The van der Waals surface area contributed by atoms with Gasteiger partial charge in [0.1, 0.15) is 0 Å². The van der Waals surface area contributed by atoms with Gasteiger partial charge in [0.05, 0.1) is 6.10 Å². The summed E-state index contributed by atoms with van der Waals surface area (Å²) in [4.78, 5) is 0. The molecule has 0 amide bonds. The Kier molecular flexibility index (Phi) is 6.78. The van der Waals surface area contributed by atoms with Crippen LogP contribution in [0.1, 0.15) is 105 Å². The van der Waals surface area contributed by atoms with E-state index in [1.165, 1.54) is 19.3 Å². The second-order valence-electron chi connectivity index (χ2n) is 13.5. The van der Waals surface area contributed by atoms with E-state index in [2.05, 4.69) is 34.6 Å². The Morgan fingerprint density at radius 1 is 0.848 bits per heavy atom. The van der Waals surface area contributed by atoms with Crippen LogP contribution in [0.5, 0.6) is 0 Å². The summed E-state index contributed by atoms with van der Waals surface area (Å²) in [5.74, 6) is 3.39. The summed E-state index contributed by atoms with van der Waals surface area (Å²) >= 11 is 0. The highest BCUT2D eigenvalue weighted by Crippen LogP contribution is 2.69. The standard InChI is InChI=1S/C28H47F3O2/c1-17(2)24(32)11-6-18(3)21-9-10-22-20-8-7-19-16-27(33,28(29,30)31)15-14-25(19,4)23(20)12-13-26(21,22)5/h17-24,32-33H,6-16H2,1-5H3/t18-,19+,20+,21-,22+,23+,24-,25+,26-,27+/m1/s1. The Morgan fingerprint density at radius 3 is 2.15 bits per heavy atom. The highest BCUT2D eigenvalue weighted by atomic mass is 19.4. The van der Waals surface area contributed by atoms with Gasteiger partial charge in [0.15, 0.2) is 5.60 Å². The van der Waals surface area contributed by atoms with E-state index in [1.807, 2.05) is 0 Å². The van der Waals surface area contributed by atoms with Gasteiger partial charge in [0, 0.05) is 0 Å². The number of fused-ring (bicyclic) bond motifs is 5. The highest BCUT2D eigenvalue weighted by molar-refractivity contribution is 5.11. The van der Waals surface area contributed by atoms with Crippen molar-refractivity contribution in [2.24, 2.45) is 52.3 Å². The molecule has 5 heteroatoms. The Labute approximate surface area is 199 Å². The largest absolute Gasteiger partial charge is 0.417 e. The zero-order valence-electron chi connectivity index (χ0n) is 21.4. The van der Waals surface area contributed by atoms with E-state index in [0.29, 0.717) is 47.3 Å². The van der Waals surface area contributed by atoms with E-state index in [0.717, 1.165) is 32.1 Å². The maximum atomic E-state index is 13.6. The third-order valence-electron chi connectivity index (χ3n) is 11.7. The number of hydrogen-bond donors (Lipinski definition) is 2. The molecule has 0 aromatic heterocycles. The van der Waals surface area contributed by atoms with Gasteiger partial charge < -0.3 is 10.2 Å². The molecule has 0 heterocycles. The summed E-state index contributed by atoms with van der Waals surface area (Å²) in [6.45, 7) is 11.3. The van der Waals surface area contributed by atoms with E-state index in [4.69, 9.17) is 0 Å². The van der Waals surface area contributed by atoms with E-state index in [-0.39, 0.29) is 30.3 Å². The third-order valence-corrected chi connectivity index (χ3v) is 11.7. The molecule has 4 aliphatic carbocycles. The van der Waals surface area contributed by atoms with E-state index in [1.54, 1.807) is 0 Å². The predicted octanol–water partition coefficient (Wildman–Crippen LogP) is 7.37. The summed E-state index contributed by atoms with van der Waals surface area (Å²) in [6.07, 6.45) is 4.20. The lowest BCUT2D eigenvalue weighted by Gasteiger charge is -2.62. The summed E-state index contributed by atoms with van der Waals surface area (Å²) < 4.78 is 40.7. The lowest BCUT2D eigenvalue weighted by Crippen LogP contribution is -2.59. The maximum Gasteiger partial charge on any atom is 0.417 e. The normalized spacial score (nSPS) is 47.5. The second-order valence-corrected chi connectivity index (χ2v) is 13.5. The first-order valence-corrected chi connectivity index (χ1v) is 13.7. The van der Waals surface area contributed by atoms with Gasteiger partial charge in [-0.1, -0.05) is 34.6 Å². The van der Waals surface area contributed by atoms with Crippen LogP contribution in [0.25, 0.3) is 0 Å². The molecule has 0 aromatic rings. The van der Waals surface area contributed by atoms with Gasteiger partial charge in [-0.3, -0.25) is 0 Å². The summed E-state index contributed by atoms with van der Waals surface area (Å²) in [6, 6.07) is 0. The van der Waals surface area contributed by atoms with Crippen LogP contribution in [0.4, 0.5) is 13.2 Å². The molecule has 2 N–H and O–H groups in total. The van der Waals surface area contributed by atoms with Gasteiger partial charge >= 0.3 is 6.18 Å². The molecule has 2 nitrogen and oxygen atoms in total. The lowest BCUT2D eigenvalue weighted by atomic mass is 9.43. The zero-order chi connectivity index (χ0) is 24.4. The molecule has 4 saturated carbocycles. The van der Waals surface area contributed by atoms with E-state index < -0.39 is 11.8 Å². The Hall–Kier alpha value is -0.290. The van der Waals surface area contributed by atoms with Crippen LogP contribution in [-0.2, 0) is 0 Å². The summed E-state index contributed by atoms with van der Waals surface area (Å²) in [7, 11) is 0. The SMILES string of the molecule is CC(C)[C@H](O)CC[C@@H](C)[C@H]1CC[C@H]2[C@@H]3CC[C@H]4C[C@](O)(C(F)(F)F)CC[C@]4(C)[C@H]3CC[C@]12C. The van der Waals surface area contributed by atoms with Gasteiger partial charge in [-0.05, 0) is 123 Å². The van der Waals surface area contributed by atoms with Crippen molar-refractivity contribution in [2.75, 3.05) is 0 Å². The topological polar surface area (TPSA) is 40.5 Å². The smallest absolute Gasteiger partial charge is 0.393 e. The van der Waals surface area contributed by atoms with Crippen LogP contribution >= 0.6 is 0 Å². The molecule has 0 spiro atoms. The number of halogens is 3. The third kappa shape index (κ3) is 4.19. The summed E-state index contributed by atoms with van der Waals surface area (Å²) in [5.41, 5.74) is -2.22. The van der Waals surface area contributed by atoms with Crippen molar-refractivity contribution in [3.05, 3.63) is 0 Å². The van der Waals surface area contributed by atoms with Crippen molar-refractivity contribution in [1.29, 1.82) is 0 Å². The van der Waals surface area contributed by atoms with Gasteiger partial charge in [0.25, 0.3) is 0 Å². The van der Waals surface area contributed by atoms with Gasteiger partial charge in [-0.25, -0.2) is 0 Å². The molecule has 4 aliphatic rings. The van der Waals surface area contributed by atoms with Crippen LogP contribution in [0, 0.1) is 52.3 Å². The van der Waals surface area contributed by atoms with E-state index in [9.17, 15) is 23.4 Å². The van der Waals surface area contributed by atoms with Crippen molar-refractivity contribution < 1.29 is 23.4 Å². The van der Waals surface area contributed by atoms with Crippen LogP contribution < -0.4 is 0 Å². The molecule has 10 atom stereocenters. The van der Waals surface area contributed by atoms with Crippen molar-refractivity contribution in [2.45, 2.75) is 123 Å². The minimum absolute atomic E-state index is 0.0166. The predicted molar refractivity (Wildman–Crippen MR) is 125 cm³/mol. The second kappa shape index (κ2) is 8.68. The minimum Gasteiger partial charge on any atom is -0.393 e. The molecule has 0 aromatic carbocycles. The Bertz CT molecular complexity index is 708. The fourth-order valence-corrected chi connectivity index (χ4v) is 9.45. The van der Waals surface area contributed by atoms with Gasteiger partial charge in [0.2, 0.25) is 0 Å². The molecular weight excluding hydrogens is 425 g/mol. The van der Waals surface area contributed by atoms with Crippen molar-refractivity contribution in [3.63, 3.8) is 0 Å². The first-order chi connectivity index (χ1) is 15.2. The molecular formula is C28H47F3O2. The van der Waals surface area contributed by atoms with Crippen LogP contribution in [0.3, 0.4) is 0 Å². The van der Waals surface area contributed by atoms with Gasteiger partial charge in [-0.15, -0.1) is 0 Å². The molecule has 0 saturated heterocycles. The molecule has 0 aliphatic heterocycles. The minimum atomic E-state index is -4.52. The highest BCUT2D eigenvalue weighted by Gasteiger charge is 2.65. The average Bonchev–Trinajstić information content (AvgIpc) is 3.08. The average molecular weight is 473 g/mol. The van der Waals surface area contributed by atoms with Crippen molar-refractivity contribution in [3.8, 4) is 0 Å². The number of hydrogen-bond acceptors (Lipinski definition) is 2. The fraction of sp³-hybridized carbons (Fsp3) is 1.00. The van der Waals surface area contributed by atoms with E-state index >= 15 is 0 Å². The first-order valence-electron chi connectivity index (χ1n) is 13.7. The zero-order valence-corrected chi connectivity index (χ0v) is 21.4. The molecule has 4 fully saturated rings. The Morgan fingerprint density at radius 2 is 1.52 bits per heavy atom. The molecule has 192 valence electrons. The van der Waals surface area contributed by atoms with Crippen molar-refractivity contribution >= 4 is 0 Å². The van der Waals surface area contributed by atoms with Crippen LogP contribution in [-0.4, -0.2) is 28.1 Å². The van der Waals surface area contributed by atoms with Crippen molar-refractivity contribution in [1.82, 2.24) is 0 Å². The number of alkyl halides is 3. The number of rotatable bonds is 5. The molecule has 0 unspecified atom stereocenters. The summed E-state index contributed by atoms with van der Waals surface area (Å²) in [5, 5.41) is 20.7. The Balaban J connectivity index is 1.47. The number of aliphatic hydroxyl groups is 2. The maximum absolute atomic E-state index is 13.6. The van der Waals surface area contributed by atoms with Crippen LogP contribution in [0.15, 0.2) is 0 Å². The quantitative estimate of drug-likeness (QED) is 0.438. The monoisotopic (exact) mass is 472 g/mol. The molecule has 33 heavy (non-hydrogen) atoms. The van der Waals surface area contributed by atoms with Gasteiger partial charge in [-0.2, -0.15) is 13.2 Å². The number of aliphatic hydroxyl groups excluding tert-OH is 1. The molecule has 0 radical (unpaired) electrons.